The summed E-state index contributed by atoms with van der Waals surface area (Å²) in [5.41, 5.74) is 2.58. The molecule has 0 atom stereocenters. The lowest BCUT2D eigenvalue weighted by molar-refractivity contribution is 0.847. The number of aryl methyl sites for hydroxylation is 2. The van der Waals surface area contributed by atoms with Crippen LogP contribution in [0, 0.1) is 13.8 Å². The molecule has 0 spiro atoms. The molecule has 0 bridgehead atoms. The molecule has 1 heterocycles. The highest BCUT2D eigenvalue weighted by molar-refractivity contribution is 5.46. The molecule has 0 saturated carbocycles. The van der Waals surface area contributed by atoms with Crippen molar-refractivity contribution in [2.45, 2.75) is 20.8 Å². The molecule has 5 nitrogen and oxygen atoms in total. The van der Waals surface area contributed by atoms with Gasteiger partial charge in [-0.25, -0.2) is 9.78 Å². The first kappa shape index (κ1) is 12.3. The fourth-order valence-electron chi connectivity index (χ4n) is 1.92. The molecule has 1 aromatic heterocycles. The van der Waals surface area contributed by atoms with Crippen molar-refractivity contribution in [3.63, 3.8) is 0 Å². The Kier molecular flexibility index (Phi) is 3.41. The van der Waals surface area contributed by atoms with E-state index in [4.69, 9.17) is 0 Å². The van der Waals surface area contributed by atoms with E-state index in [0.717, 1.165) is 16.8 Å². The molecule has 94 valence electrons. The summed E-state index contributed by atoms with van der Waals surface area (Å²) in [6, 6.07) is 5.90. The average molecular weight is 244 g/mol. The Labute approximate surface area is 106 Å². The predicted octanol–water partition coefficient (Wildman–Crippen LogP) is 1.68. The fourth-order valence-corrected chi connectivity index (χ4v) is 1.92. The van der Waals surface area contributed by atoms with Crippen LogP contribution in [0.1, 0.15) is 18.1 Å². The second-order valence-electron chi connectivity index (χ2n) is 4.10. The van der Waals surface area contributed by atoms with E-state index in [2.05, 4.69) is 15.3 Å². The van der Waals surface area contributed by atoms with Gasteiger partial charge in [0, 0.05) is 6.54 Å². The highest BCUT2D eigenvalue weighted by Crippen LogP contribution is 2.16. The van der Waals surface area contributed by atoms with Gasteiger partial charge in [0.05, 0.1) is 5.69 Å². The Bertz CT molecular complexity index is 598. The third-order valence-corrected chi connectivity index (χ3v) is 2.72. The smallest absolute Gasteiger partial charge is 0.354 e. The van der Waals surface area contributed by atoms with E-state index in [1.165, 1.54) is 10.9 Å². The normalized spacial score (nSPS) is 10.4. The number of rotatable bonds is 3. The van der Waals surface area contributed by atoms with Gasteiger partial charge in [-0.3, -0.25) is 4.57 Å². The van der Waals surface area contributed by atoms with Gasteiger partial charge in [-0.15, -0.1) is 0 Å². The van der Waals surface area contributed by atoms with Crippen LogP contribution in [-0.4, -0.2) is 21.1 Å². The third-order valence-electron chi connectivity index (χ3n) is 2.72. The van der Waals surface area contributed by atoms with Crippen LogP contribution < -0.4 is 11.0 Å². The van der Waals surface area contributed by atoms with Crippen LogP contribution >= 0.6 is 0 Å². The number of para-hydroxylation sites is 1. The number of hydrogen-bond acceptors (Lipinski definition) is 4. The van der Waals surface area contributed by atoms with Gasteiger partial charge in [-0.2, -0.15) is 4.98 Å². The van der Waals surface area contributed by atoms with Crippen molar-refractivity contribution in [2.24, 2.45) is 0 Å². The summed E-state index contributed by atoms with van der Waals surface area (Å²) >= 11 is 0. The zero-order valence-corrected chi connectivity index (χ0v) is 10.8. The van der Waals surface area contributed by atoms with Crippen LogP contribution in [-0.2, 0) is 0 Å². The standard InChI is InChI=1S/C13H16N4O/c1-4-14-12-15-8-17(13(18)16-12)11-9(2)6-5-7-10(11)3/h5-8H,4H2,1-3H3,(H,14,16,18). The van der Waals surface area contributed by atoms with E-state index in [1.54, 1.807) is 0 Å². The molecule has 0 aliphatic heterocycles. The summed E-state index contributed by atoms with van der Waals surface area (Å²) in [6.07, 6.45) is 1.52. The lowest BCUT2D eigenvalue weighted by Gasteiger charge is -2.11. The zero-order chi connectivity index (χ0) is 13.1. The molecule has 0 saturated heterocycles. The molecule has 0 amide bonds. The van der Waals surface area contributed by atoms with Crippen LogP contribution in [0.2, 0.25) is 0 Å². The third kappa shape index (κ3) is 2.25. The number of benzene rings is 1. The molecule has 0 fully saturated rings. The number of anilines is 1. The van der Waals surface area contributed by atoms with Gasteiger partial charge in [-0.1, -0.05) is 18.2 Å². The minimum atomic E-state index is -0.321. The van der Waals surface area contributed by atoms with Crippen LogP contribution in [0.4, 0.5) is 5.95 Å². The minimum absolute atomic E-state index is 0.321. The Morgan fingerprint density at radius 1 is 1.28 bits per heavy atom. The van der Waals surface area contributed by atoms with Gasteiger partial charge in [0.15, 0.2) is 0 Å². The first-order chi connectivity index (χ1) is 8.63. The van der Waals surface area contributed by atoms with Crippen LogP contribution in [0.15, 0.2) is 29.3 Å². The second kappa shape index (κ2) is 5.00. The maximum Gasteiger partial charge on any atom is 0.356 e. The molecule has 2 rings (SSSR count). The van der Waals surface area contributed by atoms with Crippen molar-refractivity contribution < 1.29 is 0 Å². The monoisotopic (exact) mass is 244 g/mol. The highest BCUT2D eigenvalue weighted by atomic mass is 16.1. The van der Waals surface area contributed by atoms with Gasteiger partial charge < -0.3 is 5.32 Å². The van der Waals surface area contributed by atoms with E-state index < -0.39 is 0 Å². The summed E-state index contributed by atoms with van der Waals surface area (Å²) in [4.78, 5) is 20.0. The van der Waals surface area contributed by atoms with Crippen molar-refractivity contribution in [1.29, 1.82) is 0 Å². The van der Waals surface area contributed by atoms with Crippen LogP contribution in [0.5, 0.6) is 0 Å². The van der Waals surface area contributed by atoms with Gasteiger partial charge in [-0.05, 0) is 31.9 Å². The molecule has 0 aliphatic rings. The Morgan fingerprint density at radius 2 is 1.94 bits per heavy atom. The lowest BCUT2D eigenvalue weighted by atomic mass is 10.1. The van der Waals surface area contributed by atoms with E-state index in [0.29, 0.717) is 12.5 Å². The van der Waals surface area contributed by atoms with Gasteiger partial charge in [0.2, 0.25) is 5.95 Å². The Hall–Kier alpha value is -2.17. The maximum atomic E-state index is 12.0. The Balaban J connectivity index is 2.55. The molecule has 0 radical (unpaired) electrons. The number of nitrogens with one attached hydrogen (secondary N) is 1. The predicted molar refractivity (Wildman–Crippen MR) is 71.3 cm³/mol. The summed E-state index contributed by atoms with van der Waals surface area (Å²) in [6.45, 7) is 6.55. The van der Waals surface area contributed by atoms with Crippen molar-refractivity contribution in [3.05, 3.63) is 46.1 Å². The molecule has 0 aliphatic carbocycles. The number of nitrogens with zero attached hydrogens (tertiary/aromatic N) is 3. The minimum Gasteiger partial charge on any atom is -0.354 e. The summed E-state index contributed by atoms with van der Waals surface area (Å²) in [5, 5.41) is 2.92. The van der Waals surface area contributed by atoms with Gasteiger partial charge in [0.1, 0.15) is 6.33 Å². The molecule has 5 heteroatoms. The van der Waals surface area contributed by atoms with Crippen LogP contribution in [0.3, 0.4) is 0 Å². The second-order valence-corrected chi connectivity index (χ2v) is 4.10. The maximum absolute atomic E-state index is 12.0. The largest absolute Gasteiger partial charge is 0.356 e. The molecular formula is C13H16N4O. The molecule has 0 unspecified atom stereocenters. The van der Waals surface area contributed by atoms with Crippen LogP contribution in [0.25, 0.3) is 5.69 Å². The average Bonchev–Trinajstić information content (AvgIpc) is 2.32. The Morgan fingerprint density at radius 3 is 2.50 bits per heavy atom. The van der Waals surface area contributed by atoms with E-state index in [1.807, 2.05) is 39.0 Å². The summed E-state index contributed by atoms with van der Waals surface area (Å²) < 4.78 is 1.48. The number of aromatic nitrogens is 3. The number of hydrogen-bond donors (Lipinski definition) is 1. The lowest BCUT2D eigenvalue weighted by Crippen LogP contribution is -2.24. The van der Waals surface area contributed by atoms with E-state index >= 15 is 0 Å². The van der Waals surface area contributed by atoms with Crippen molar-refractivity contribution in [2.75, 3.05) is 11.9 Å². The van der Waals surface area contributed by atoms with Gasteiger partial charge >= 0.3 is 5.69 Å². The summed E-state index contributed by atoms with van der Waals surface area (Å²) in [5.74, 6) is 0.366. The SMILES string of the molecule is CCNc1ncn(-c2c(C)cccc2C)c(=O)n1. The molecular weight excluding hydrogens is 228 g/mol. The van der Waals surface area contributed by atoms with E-state index in [-0.39, 0.29) is 5.69 Å². The van der Waals surface area contributed by atoms with Crippen molar-refractivity contribution >= 4 is 5.95 Å². The molecule has 1 aromatic carbocycles. The topological polar surface area (TPSA) is 59.8 Å². The van der Waals surface area contributed by atoms with Crippen molar-refractivity contribution in [3.8, 4) is 5.69 Å². The van der Waals surface area contributed by atoms with Crippen molar-refractivity contribution in [1.82, 2.24) is 14.5 Å². The molecule has 1 N–H and O–H groups in total. The van der Waals surface area contributed by atoms with E-state index in [9.17, 15) is 4.79 Å². The summed E-state index contributed by atoms with van der Waals surface area (Å²) in [7, 11) is 0. The highest BCUT2D eigenvalue weighted by Gasteiger charge is 2.08. The zero-order valence-electron chi connectivity index (χ0n) is 10.8. The quantitative estimate of drug-likeness (QED) is 0.892. The molecule has 2 aromatic rings. The molecule has 18 heavy (non-hydrogen) atoms. The van der Waals surface area contributed by atoms with Gasteiger partial charge in [0.25, 0.3) is 0 Å². The first-order valence-electron chi connectivity index (χ1n) is 5.89. The first-order valence-corrected chi connectivity index (χ1v) is 5.89. The fraction of sp³-hybridized carbons (Fsp3) is 0.308.